The van der Waals surface area contributed by atoms with Gasteiger partial charge < -0.3 is 10.6 Å². The van der Waals surface area contributed by atoms with Crippen LogP contribution in [0, 0.1) is 0 Å². The first-order valence-corrected chi connectivity index (χ1v) is 4.85. The number of nitrogens with zero attached hydrogens (tertiary/aromatic N) is 3. The first kappa shape index (κ1) is 12.5. The lowest BCUT2D eigenvalue weighted by Crippen LogP contribution is -2.25. The van der Waals surface area contributed by atoms with E-state index >= 15 is 0 Å². The Hall–Kier alpha value is -1.53. The van der Waals surface area contributed by atoms with Gasteiger partial charge in [0, 0.05) is 19.2 Å². The Labute approximate surface area is 91.3 Å². The summed E-state index contributed by atoms with van der Waals surface area (Å²) in [5.74, 6) is -1.18. The normalized spacial score (nSPS) is 11.6. The lowest BCUT2D eigenvalue weighted by molar-refractivity contribution is -0.144. The summed E-state index contributed by atoms with van der Waals surface area (Å²) in [6.45, 7) is 4.78. The van der Waals surface area contributed by atoms with Crippen LogP contribution in [-0.2, 0) is 6.18 Å². The molecular formula is C9H13F3N4. The van der Waals surface area contributed by atoms with Crippen molar-refractivity contribution in [2.24, 2.45) is 0 Å². The molecule has 2 N–H and O–H groups in total. The molecule has 0 unspecified atom stereocenters. The van der Waals surface area contributed by atoms with Gasteiger partial charge in [-0.1, -0.05) is 0 Å². The van der Waals surface area contributed by atoms with Gasteiger partial charge in [0.1, 0.15) is 11.6 Å². The van der Waals surface area contributed by atoms with Crippen LogP contribution in [0.5, 0.6) is 0 Å². The van der Waals surface area contributed by atoms with Gasteiger partial charge in [0.25, 0.3) is 0 Å². The number of nitrogen functional groups attached to an aromatic ring is 1. The fourth-order valence-electron chi connectivity index (χ4n) is 1.29. The first-order chi connectivity index (χ1) is 7.38. The Balaban J connectivity index is 3.17. The quantitative estimate of drug-likeness (QED) is 0.868. The van der Waals surface area contributed by atoms with Crippen LogP contribution in [0.3, 0.4) is 0 Å². The van der Waals surface area contributed by atoms with E-state index in [2.05, 4.69) is 9.97 Å². The zero-order valence-electron chi connectivity index (χ0n) is 9.04. The van der Waals surface area contributed by atoms with Crippen LogP contribution in [0.25, 0.3) is 0 Å². The average Bonchev–Trinajstić information content (AvgIpc) is 2.17. The van der Waals surface area contributed by atoms with Crippen molar-refractivity contribution < 1.29 is 13.2 Å². The van der Waals surface area contributed by atoms with E-state index in [1.807, 2.05) is 13.8 Å². The largest absolute Gasteiger partial charge is 0.451 e. The van der Waals surface area contributed by atoms with Crippen molar-refractivity contribution in [1.82, 2.24) is 9.97 Å². The fourth-order valence-corrected chi connectivity index (χ4v) is 1.29. The summed E-state index contributed by atoms with van der Waals surface area (Å²) in [5.41, 5.74) is 5.33. The molecule has 0 fully saturated rings. The zero-order chi connectivity index (χ0) is 12.3. The van der Waals surface area contributed by atoms with Crippen molar-refractivity contribution in [2.45, 2.75) is 20.0 Å². The summed E-state index contributed by atoms with van der Waals surface area (Å²) < 4.78 is 37.3. The summed E-state index contributed by atoms with van der Waals surface area (Å²) in [5, 5.41) is 0. The standard InChI is InChI=1S/C9H13F3N4/c1-3-16(4-2)7-5-6(13)14-8(15-7)9(10,11)12/h5H,3-4H2,1-2H3,(H2,13,14,15). The molecule has 1 heterocycles. The number of hydrogen-bond donors (Lipinski definition) is 1. The summed E-state index contributed by atoms with van der Waals surface area (Å²) in [4.78, 5) is 8.30. The third-order valence-corrected chi connectivity index (χ3v) is 2.07. The lowest BCUT2D eigenvalue weighted by atomic mass is 10.4. The predicted octanol–water partition coefficient (Wildman–Crippen LogP) is 1.92. The number of anilines is 2. The summed E-state index contributed by atoms with van der Waals surface area (Å²) in [6, 6.07) is 1.34. The molecule has 0 saturated heterocycles. The van der Waals surface area contributed by atoms with Gasteiger partial charge in [0.05, 0.1) is 0 Å². The number of hydrogen-bond acceptors (Lipinski definition) is 4. The monoisotopic (exact) mass is 234 g/mol. The molecule has 0 atom stereocenters. The Morgan fingerprint density at radius 2 is 1.81 bits per heavy atom. The molecule has 16 heavy (non-hydrogen) atoms. The third-order valence-electron chi connectivity index (χ3n) is 2.07. The molecule has 0 amide bonds. The second-order valence-electron chi connectivity index (χ2n) is 3.14. The molecule has 0 aliphatic heterocycles. The van der Waals surface area contributed by atoms with E-state index in [-0.39, 0.29) is 11.6 Å². The molecular weight excluding hydrogens is 221 g/mol. The van der Waals surface area contributed by atoms with Gasteiger partial charge in [0.15, 0.2) is 0 Å². The van der Waals surface area contributed by atoms with Crippen molar-refractivity contribution in [1.29, 1.82) is 0 Å². The van der Waals surface area contributed by atoms with E-state index in [0.717, 1.165) is 0 Å². The lowest BCUT2D eigenvalue weighted by Gasteiger charge is -2.20. The molecule has 0 spiro atoms. The molecule has 1 aromatic rings. The molecule has 1 aromatic heterocycles. The van der Waals surface area contributed by atoms with Crippen LogP contribution in [0.4, 0.5) is 24.8 Å². The third kappa shape index (κ3) is 2.74. The molecule has 0 saturated carbocycles. The van der Waals surface area contributed by atoms with E-state index in [0.29, 0.717) is 13.1 Å². The van der Waals surface area contributed by atoms with Gasteiger partial charge in [-0.25, -0.2) is 9.97 Å². The van der Waals surface area contributed by atoms with Crippen LogP contribution >= 0.6 is 0 Å². The van der Waals surface area contributed by atoms with Gasteiger partial charge in [-0.05, 0) is 13.8 Å². The van der Waals surface area contributed by atoms with E-state index in [9.17, 15) is 13.2 Å². The molecule has 0 radical (unpaired) electrons. The highest BCUT2D eigenvalue weighted by Crippen LogP contribution is 2.28. The maximum Gasteiger partial charge on any atom is 0.451 e. The summed E-state index contributed by atoms with van der Waals surface area (Å²) in [6.07, 6.45) is -4.57. The minimum atomic E-state index is -4.57. The van der Waals surface area contributed by atoms with E-state index in [1.165, 1.54) is 6.07 Å². The van der Waals surface area contributed by atoms with Crippen LogP contribution < -0.4 is 10.6 Å². The van der Waals surface area contributed by atoms with Crippen LogP contribution in [0.1, 0.15) is 19.7 Å². The molecule has 0 aromatic carbocycles. The highest BCUT2D eigenvalue weighted by atomic mass is 19.4. The summed E-state index contributed by atoms with van der Waals surface area (Å²) in [7, 11) is 0. The Bertz CT molecular complexity index is 360. The molecule has 0 aliphatic rings. The van der Waals surface area contributed by atoms with Crippen LogP contribution in [0.2, 0.25) is 0 Å². The topological polar surface area (TPSA) is 55.0 Å². The fraction of sp³-hybridized carbons (Fsp3) is 0.556. The van der Waals surface area contributed by atoms with Crippen molar-refractivity contribution in [3.8, 4) is 0 Å². The number of rotatable bonds is 3. The van der Waals surface area contributed by atoms with Crippen LogP contribution in [-0.4, -0.2) is 23.1 Å². The maximum atomic E-state index is 12.4. The van der Waals surface area contributed by atoms with E-state index in [1.54, 1.807) is 4.90 Å². The Kier molecular flexibility index (Phi) is 3.56. The highest BCUT2D eigenvalue weighted by molar-refractivity contribution is 5.47. The van der Waals surface area contributed by atoms with Gasteiger partial charge in [-0.2, -0.15) is 13.2 Å². The first-order valence-electron chi connectivity index (χ1n) is 4.85. The smallest absolute Gasteiger partial charge is 0.384 e. The second kappa shape index (κ2) is 4.54. The minimum Gasteiger partial charge on any atom is -0.384 e. The van der Waals surface area contributed by atoms with Crippen molar-refractivity contribution in [3.05, 3.63) is 11.9 Å². The maximum absolute atomic E-state index is 12.4. The molecule has 0 aliphatic carbocycles. The average molecular weight is 234 g/mol. The minimum absolute atomic E-state index is 0.177. The highest BCUT2D eigenvalue weighted by Gasteiger charge is 2.35. The van der Waals surface area contributed by atoms with Crippen LogP contribution in [0.15, 0.2) is 6.07 Å². The van der Waals surface area contributed by atoms with E-state index in [4.69, 9.17) is 5.73 Å². The number of alkyl halides is 3. The second-order valence-corrected chi connectivity index (χ2v) is 3.14. The van der Waals surface area contributed by atoms with Gasteiger partial charge >= 0.3 is 6.18 Å². The Morgan fingerprint density at radius 3 is 2.25 bits per heavy atom. The summed E-state index contributed by atoms with van der Waals surface area (Å²) >= 11 is 0. The SMILES string of the molecule is CCN(CC)c1cc(N)nc(C(F)(F)F)n1. The number of halogens is 3. The van der Waals surface area contributed by atoms with Crippen molar-refractivity contribution >= 4 is 11.6 Å². The van der Waals surface area contributed by atoms with Gasteiger partial charge in [-0.3, -0.25) is 0 Å². The molecule has 4 nitrogen and oxygen atoms in total. The molecule has 90 valence electrons. The number of aromatic nitrogens is 2. The predicted molar refractivity (Wildman–Crippen MR) is 55.0 cm³/mol. The zero-order valence-corrected chi connectivity index (χ0v) is 9.04. The van der Waals surface area contributed by atoms with Gasteiger partial charge in [0.2, 0.25) is 5.82 Å². The number of nitrogens with two attached hydrogens (primary N) is 1. The van der Waals surface area contributed by atoms with Crippen molar-refractivity contribution in [2.75, 3.05) is 23.7 Å². The molecule has 0 bridgehead atoms. The van der Waals surface area contributed by atoms with E-state index < -0.39 is 12.0 Å². The molecule has 1 rings (SSSR count). The Morgan fingerprint density at radius 1 is 1.25 bits per heavy atom. The van der Waals surface area contributed by atoms with Gasteiger partial charge in [-0.15, -0.1) is 0 Å². The molecule has 7 heteroatoms. The van der Waals surface area contributed by atoms with Crippen molar-refractivity contribution in [3.63, 3.8) is 0 Å².